The van der Waals surface area contributed by atoms with Gasteiger partial charge in [0.25, 0.3) is 0 Å². The second-order valence-electron chi connectivity index (χ2n) is 9.39. The monoisotopic (exact) mass is 387 g/mol. The van der Waals surface area contributed by atoms with Crippen molar-refractivity contribution in [2.24, 2.45) is 23.7 Å². The van der Waals surface area contributed by atoms with E-state index in [0.29, 0.717) is 6.42 Å². The van der Waals surface area contributed by atoms with Crippen molar-refractivity contribution in [3.63, 3.8) is 0 Å². The third-order valence-corrected chi connectivity index (χ3v) is 7.16. The van der Waals surface area contributed by atoms with Crippen LogP contribution in [0.2, 0.25) is 0 Å². The second-order valence-corrected chi connectivity index (χ2v) is 9.39. The minimum Gasteiger partial charge on any atom is -0.195 e. The van der Waals surface area contributed by atoms with Crippen LogP contribution in [0.5, 0.6) is 0 Å². The van der Waals surface area contributed by atoms with Gasteiger partial charge in [0.2, 0.25) is 0 Å². The Balaban J connectivity index is 1.55. The molecule has 0 saturated heterocycles. The first-order chi connectivity index (χ1) is 13.7. The van der Waals surface area contributed by atoms with E-state index in [4.69, 9.17) is 5.26 Å². The number of nitrogens with zero attached hydrogens (tertiary/aromatic N) is 1. The quantitative estimate of drug-likeness (QED) is 0.197. The average Bonchev–Trinajstić information content (AvgIpc) is 2.73. The van der Waals surface area contributed by atoms with Crippen LogP contribution in [0.15, 0.2) is 24.1 Å². The largest absolute Gasteiger partial charge is 0.196 e. The summed E-state index contributed by atoms with van der Waals surface area (Å²) in [6, 6.07) is 1.56. The molecule has 2 saturated carbocycles. The van der Waals surface area contributed by atoms with Crippen LogP contribution >= 0.6 is 0 Å². The third-order valence-electron chi connectivity index (χ3n) is 7.16. The van der Waals surface area contributed by atoms with Gasteiger partial charge in [0.05, 0.1) is 0 Å². The molecule has 0 aromatic carbocycles. The van der Waals surface area contributed by atoms with Gasteiger partial charge in [-0.05, 0) is 94.0 Å². The molecule has 2 fully saturated rings. The van der Waals surface area contributed by atoms with Crippen molar-refractivity contribution in [3.8, 4) is 6.07 Å². The maximum atomic E-state index is 12.8. The number of unbranched alkanes of at least 4 members (excludes halogenated alkanes) is 4. The number of halogens is 1. The Labute approximate surface area is 173 Å². The molecule has 2 rings (SSSR count). The van der Waals surface area contributed by atoms with Gasteiger partial charge in [-0.2, -0.15) is 9.65 Å². The van der Waals surface area contributed by atoms with E-state index in [2.05, 4.69) is 19.1 Å². The van der Waals surface area contributed by atoms with Crippen LogP contribution in [0.3, 0.4) is 0 Å². The van der Waals surface area contributed by atoms with Crippen molar-refractivity contribution in [2.75, 3.05) is 0 Å². The van der Waals surface area contributed by atoms with Gasteiger partial charge in [-0.25, -0.2) is 0 Å². The molecule has 0 amide bonds. The predicted molar refractivity (Wildman–Crippen MR) is 117 cm³/mol. The zero-order valence-electron chi connectivity index (χ0n) is 18.2. The smallest absolute Gasteiger partial charge is 0.195 e. The van der Waals surface area contributed by atoms with Crippen molar-refractivity contribution < 1.29 is 4.39 Å². The minimum absolute atomic E-state index is 0.622. The lowest BCUT2D eigenvalue weighted by molar-refractivity contribution is 0.282. The zero-order chi connectivity index (χ0) is 20.0. The predicted octanol–water partition coefficient (Wildman–Crippen LogP) is 8.67. The summed E-state index contributed by atoms with van der Waals surface area (Å²) < 4.78 is 12.8. The lowest BCUT2D eigenvalue weighted by atomic mass is 9.77. The van der Waals surface area contributed by atoms with E-state index < -0.39 is 5.83 Å². The third kappa shape index (κ3) is 9.40. The summed E-state index contributed by atoms with van der Waals surface area (Å²) in [5.74, 6) is 2.69. The fraction of sp³-hybridized carbons (Fsp3) is 0.808. The molecule has 0 aromatic heterocycles. The highest BCUT2D eigenvalue weighted by Crippen LogP contribution is 2.35. The van der Waals surface area contributed by atoms with E-state index in [9.17, 15) is 4.39 Å². The molecule has 0 aromatic rings. The molecule has 0 spiro atoms. The molecule has 0 heterocycles. The molecule has 0 bridgehead atoms. The molecule has 0 aliphatic heterocycles. The molecule has 2 heteroatoms. The number of hydrogen-bond acceptors (Lipinski definition) is 1. The molecular weight excluding hydrogens is 345 g/mol. The molecule has 1 nitrogen and oxygen atoms in total. The maximum absolute atomic E-state index is 12.8. The van der Waals surface area contributed by atoms with Crippen LogP contribution in [-0.4, -0.2) is 0 Å². The van der Waals surface area contributed by atoms with Gasteiger partial charge < -0.3 is 0 Å². The summed E-state index contributed by atoms with van der Waals surface area (Å²) in [5, 5.41) is 8.45. The fourth-order valence-electron chi connectivity index (χ4n) is 5.18. The number of allylic oxidation sites excluding steroid dienone is 4. The van der Waals surface area contributed by atoms with Crippen LogP contribution in [0, 0.1) is 35.0 Å². The van der Waals surface area contributed by atoms with Gasteiger partial charge in [0.1, 0.15) is 6.07 Å². The summed E-state index contributed by atoms with van der Waals surface area (Å²) in [7, 11) is 0. The van der Waals surface area contributed by atoms with E-state index in [1.54, 1.807) is 6.07 Å². The highest BCUT2D eigenvalue weighted by Gasteiger charge is 2.21. The lowest BCUT2D eigenvalue weighted by Crippen LogP contribution is -2.15. The van der Waals surface area contributed by atoms with Crippen LogP contribution in [0.25, 0.3) is 0 Å². The highest BCUT2D eigenvalue weighted by molar-refractivity contribution is 5.11. The van der Waals surface area contributed by atoms with E-state index in [1.165, 1.54) is 96.0 Å². The van der Waals surface area contributed by atoms with Gasteiger partial charge in [0.15, 0.2) is 5.83 Å². The molecule has 0 N–H and O–H groups in total. The minimum atomic E-state index is -0.622. The standard InChI is InChI=1S/C26H42FN/c1-2-3-4-5-6-8-22-11-15-24(16-12-22)19-20-25-17-13-23(14-18-25)9-7-10-26(27)21-28/h10,19-20,22-25H,2-9,11-18H2,1H3/b20-19+,26-10?/t22-,23?,24-,25?. The van der Waals surface area contributed by atoms with E-state index in [-0.39, 0.29) is 0 Å². The summed E-state index contributed by atoms with van der Waals surface area (Å²) in [5.41, 5.74) is 0. The maximum Gasteiger partial charge on any atom is 0.196 e. The number of rotatable bonds is 11. The summed E-state index contributed by atoms with van der Waals surface area (Å²) in [6.45, 7) is 2.29. The topological polar surface area (TPSA) is 23.8 Å². The Morgan fingerprint density at radius 3 is 1.89 bits per heavy atom. The van der Waals surface area contributed by atoms with Crippen molar-refractivity contribution in [1.29, 1.82) is 5.26 Å². The SMILES string of the molecule is CCCCCCC[C@H]1CC[C@H](/C=C/C2CCC(CCC=C(F)C#N)CC2)CC1. The Hall–Kier alpha value is -1.10. The molecular formula is C26H42FN. The van der Waals surface area contributed by atoms with E-state index in [1.807, 2.05) is 0 Å². The molecule has 0 unspecified atom stereocenters. The van der Waals surface area contributed by atoms with E-state index in [0.717, 1.165) is 30.1 Å². The molecule has 28 heavy (non-hydrogen) atoms. The highest BCUT2D eigenvalue weighted by atomic mass is 19.1. The Kier molecular flexibility index (Phi) is 11.6. The summed E-state index contributed by atoms with van der Waals surface area (Å²) in [6.07, 6.45) is 27.7. The Bertz CT molecular complexity index is 499. The molecule has 2 aliphatic rings. The molecule has 2 aliphatic carbocycles. The van der Waals surface area contributed by atoms with Gasteiger partial charge >= 0.3 is 0 Å². The molecule has 0 atom stereocenters. The first-order valence-corrected chi connectivity index (χ1v) is 12.1. The number of hydrogen-bond donors (Lipinski definition) is 0. The van der Waals surface area contributed by atoms with Gasteiger partial charge in [-0.15, -0.1) is 0 Å². The summed E-state index contributed by atoms with van der Waals surface area (Å²) in [4.78, 5) is 0. The van der Waals surface area contributed by atoms with Crippen molar-refractivity contribution in [2.45, 2.75) is 110 Å². The van der Waals surface area contributed by atoms with Crippen molar-refractivity contribution in [3.05, 3.63) is 24.1 Å². The van der Waals surface area contributed by atoms with Crippen LogP contribution in [0.1, 0.15) is 110 Å². The Morgan fingerprint density at radius 1 is 0.821 bits per heavy atom. The van der Waals surface area contributed by atoms with Crippen molar-refractivity contribution >= 4 is 0 Å². The van der Waals surface area contributed by atoms with Gasteiger partial charge in [-0.1, -0.05) is 57.6 Å². The first-order valence-electron chi connectivity index (χ1n) is 12.1. The van der Waals surface area contributed by atoms with E-state index >= 15 is 0 Å². The fourth-order valence-corrected chi connectivity index (χ4v) is 5.18. The van der Waals surface area contributed by atoms with Gasteiger partial charge in [-0.3, -0.25) is 0 Å². The van der Waals surface area contributed by atoms with Crippen LogP contribution in [0.4, 0.5) is 4.39 Å². The zero-order valence-corrected chi connectivity index (χ0v) is 18.2. The Morgan fingerprint density at radius 2 is 1.36 bits per heavy atom. The number of nitriles is 1. The van der Waals surface area contributed by atoms with Crippen molar-refractivity contribution in [1.82, 2.24) is 0 Å². The second kappa shape index (κ2) is 14.0. The molecule has 158 valence electrons. The first kappa shape index (κ1) is 23.2. The van der Waals surface area contributed by atoms with Gasteiger partial charge in [0, 0.05) is 0 Å². The average molecular weight is 388 g/mol. The molecule has 0 radical (unpaired) electrons. The van der Waals surface area contributed by atoms with Crippen LogP contribution < -0.4 is 0 Å². The van der Waals surface area contributed by atoms with Crippen LogP contribution in [-0.2, 0) is 0 Å². The lowest BCUT2D eigenvalue weighted by Gasteiger charge is -2.29. The summed E-state index contributed by atoms with van der Waals surface area (Å²) >= 11 is 0. The normalized spacial score (nSPS) is 29.1.